The second-order valence-corrected chi connectivity index (χ2v) is 6.54. The molecule has 0 heterocycles. The minimum absolute atomic E-state index is 0.109. The van der Waals surface area contributed by atoms with Crippen LogP contribution in [0.4, 0.5) is 0 Å². The normalized spacial score (nSPS) is 19.8. The Hall–Kier alpha value is -2.24. The summed E-state index contributed by atoms with van der Waals surface area (Å²) < 4.78 is 10.5. The van der Waals surface area contributed by atoms with Gasteiger partial charge in [-0.2, -0.15) is 0 Å². The molecule has 1 fully saturated rings. The van der Waals surface area contributed by atoms with Gasteiger partial charge in [-0.05, 0) is 42.9 Å². The monoisotopic (exact) mass is 348 g/mol. The lowest BCUT2D eigenvalue weighted by atomic mass is 9.86. The van der Waals surface area contributed by atoms with E-state index in [-0.39, 0.29) is 6.04 Å². The van der Waals surface area contributed by atoms with Crippen molar-refractivity contribution in [2.24, 2.45) is 5.92 Å². The second-order valence-electron chi connectivity index (χ2n) is 6.54. The third-order valence-electron chi connectivity index (χ3n) is 4.78. The van der Waals surface area contributed by atoms with Crippen LogP contribution in [0.2, 0.25) is 0 Å². The fraction of sp³-hybridized carbons (Fsp3) is 0.579. The molecule has 0 radical (unpaired) electrons. The topological polar surface area (TPSA) is 76.7 Å². The van der Waals surface area contributed by atoms with Gasteiger partial charge in [0.05, 0.1) is 14.2 Å². The van der Waals surface area contributed by atoms with Gasteiger partial charge in [0.2, 0.25) is 0 Å². The van der Waals surface area contributed by atoms with Crippen molar-refractivity contribution in [1.82, 2.24) is 10.6 Å². The Labute approximate surface area is 149 Å². The molecule has 2 rings (SSSR count). The number of hydrogen-bond acceptors (Lipinski definition) is 4. The van der Waals surface area contributed by atoms with Gasteiger partial charge in [-0.1, -0.05) is 25.8 Å². The highest BCUT2D eigenvalue weighted by Gasteiger charge is 2.25. The van der Waals surface area contributed by atoms with E-state index in [4.69, 9.17) is 9.47 Å². The molecule has 0 saturated heterocycles. The van der Waals surface area contributed by atoms with Gasteiger partial charge in [0, 0.05) is 12.6 Å². The van der Waals surface area contributed by atoms with E-state index in [0.717, 1.165) is 24.8 Å². The van der Waals surface area contributed by atoms with Crippen LogP contribution in [0.25, 0.3) is 0 Å². The molecule has 2 amide bonds. The summed E-state index contributed by atoms with van der Waals surface area (Å²) in [4.78, 5) is 24.0. The van der Waals surface area contributed by atoms with Crippen LogP contribution >= 0.6 is 0 Å². The smallest absolute Gasteiger partial charge is 0.309 e. The molecule has 1 saturated carbocycles. The summed E-state index contributed by atoms with van der Waals surface area (Å²) >= 11 is 0. The molecule has 1 aromatic rings. The van der Waals surface area contributed by atoms with Gasteiger partial charge in [-0.3, -0.25) is 9.59 Å². The maximum Gasteiger partial charge on any atom is 0.309 e. The standard InChI is InChI=1S/C19H28N2O4/c1-13-6-4-5-7-15(13)21-19(23)18(22)20-11-10-14-8-9-16(24-2)17(12-14)25-3/h8-9,12-13,15H,4-7,10-11H2,1-3H3,(H,20,22)(H,21,23). The first-order valence-electron chi connectivity index (χ1n) is 8.84. The van der Waals surface area contributed by atoms with E-state index in [1.54, 1.807) is 14.2 Å². The van der Waals surface area contributed by atoms with Crippen LogP contribution in [0.15, 0.2) is 18.2 Å². The number of ether oxygens (including phenoxy) is 2. The lowest BCUT2D eigenvalue weighted by Crippen LogP contribution is -2.48. The highest BCUT2D eigenvalue weighted by molar-refractivity contribution is 6.35. The summed E-state index contributed by atoms with van der Waals surface area (Å²) in [7, 11) is 3.17. The van der Waals surface area contributed by atoms with Gasteiger partial charge in [-0.15, -0.1) is 0 Å². The average Bonchev–Trinajstić information content (AvgIpc) is 2.63. The summed E-state index contributed by atoms with van der Waals surface area (Å²) in [6.07, 6.45) is 4.97. The fourth-order valence-electron chi connectivity index (χ4n) is 3.20. The Balaban J connectivity index is 1.78. The molecule has 1 aliphatic rings. The van der Waals surface area contributed by atoms with Crippen LogP contribution in [0, 0.1) is 5.92 Å². The first kappa shape index (κ1) is 19.1. The number of amides is 2. The lowest BCUT2D eigenvalue weighted by Gasteiger charge is -2.29. The van der Waals surface area contributed by atoms with E-state index >= 15 is 0 Å². The molecular weight excluding hydrogens is 320 g/mol. The maximum atomic E-state index is 12.0. The molecule has 1 aliphatic carbocycles. The van der Waals surface area contributed by atoms with E-state index in [0.29, 0.717) is 30.4 Å². The molecule has 2 N–H and O–H groups in total. The van der Waals surface area contributed by atoms with Crippen LogP contribution in [0.3, 0.4) is 0 Å². The first-order chi connectivity index (χ1) is 12.0. The van der Waals surface area contributed by atoms with Crippen LogP contribution in [-0.4, -0.2) is 38.6 Å². The molecule has 2 atom stereocenters. The summed E-state index contributed by atoms with van der Waals surface area (Å²) in [6.45, 7) is 2.51. The second kappa shape index (κ2) is 9.30. The van der Waals surface area contributed by atoms with Gasteiger partial charge in [0.25, 0.3) is 0 Å². The number of rotatable bonds is 6. The summed E-state index contributed by atoms with van der Waals surface area (Å²) in [6, 6.07) is 5.72. The Morgan fingerprint density at radius 3 is 2.48 bits per heavy atom. The highest BCUT2D eigenvalue weighted by Crippen LogP contribution is 2.27. The van der Waals surface area contributed by atoms with Crippen molar-refractivity contribution in [3.8, 4) is 11.5 Å². The van der Waals surface area contributed by atoms with Crippen molar-refractivity contribution in [1.29, 1.82) is 0 Å². The largest absolute Gasteiger partial charge is 0.493 e. The van der Waals surface area contributed by atoms with Crippen LogP contribution in [0.1, 0.15) is 38.2 Å². The summed E-state index contributed by atoms with van der Waals surface area (Å²) in [5, 5.41) is 5.54. The van der Waals surface area contributed by atoms with E-state index in [1.807, 2.05) is 18.2 Å². The van der Waals surface area contributed by atoms with Crippen molar-refractivity contribution >= 4 is 11.8 Å². The van der Waals surface area contributed by atoms with Crippen LogP contribution in [-0.2, 0) is 16.0 Å². The molecule has 0 aliphatic heterocycles. The molecule has 0 bridgehead atoms. The predicted octanol–water partition coefficient (Wildman–Crippen LogP) is 2.06. The van der Waals surface area contributed by atoms with Crippen molar-refractivity contribution in [2.45, 2.75) is 45.1 Å². The van der Waals surface area contributed by atoms with E-state index in [1.165, 1.54) is 6.42 Å². The van der Waals surface area contributed by atoms with Crippen molar-refractivity contribution in [3.63, 3.8) is 0 Å². The number of nitrogens with one attached hydrogen (secondary N) is 2. The molecule has 2 unspecified atom stereocenters. The number of carbonyl (C=O) groups excluding carboxylic acids is 2. The summed E-state index contributed by atoms with van der Waals surface area (Å²) in [5.74, 6) is 0.633. The Bertz CT molecular complexity index is 603. The first-order valence-corrected chi connectivity index (χ1v) is 8.84. The Morgan fingerprint density at radius 1 is 1.08 bits per heavy atom. The highest BCUT2D eigenvalue weighted by atomic mass is 16.5. The SMILES string of the molecule is COc1ccc(CCNC(=O)C(=O)NC2CCCCC2C)cc1OC. The van der Waals surface area contributed by atoms with Gasteiger partial charge in [-0.25, -0.2) is 0 Å². The molecule has 138 valence electrons. The molecule has 0 aromatic heterocycles. The van der Waals surface area contributed by atoms with Gasteiger partial charge in [0.15, 0.2) is 11.5 Å². The minimum atomic E-state index is -0.571. The maximum absolute atomic E-state index is 12.0. The third kappa shape index (κ3) is 5.37. The van der Waals surface area contributed by atoms with Crippen molar-refractivity contribution < 1.29 is 19.1 Å². The third-order valence-corrected chi connectivity index (χ3v) is 4.78. The zero-order valence-corrected chi connectivity index (χ0v) is 15.3. The molecule has 6 nitrogen and oxygen atoms in total. The molecule has 25 heavy (non-hydrogen) atoms. The quantitative estimate of drug-likeness (QED) is 0.772. The summed E-state index contributed by atoms with van der Waals surface area (Å²) in [5.41, 5.74) is 0.999. The molecular formula is C19H28N2O4. The van der Waals surface area contributed by atoms with E-state index in [2.05, 4.69) is 17.6 Å². The van der Waals surface area contributed by atoms with Crippen LogP contribution in [0.5, 0.6) is 11.5 Å². The number of carbonyl (C=O) groups is 2. The molecule has 6 heteroatoms. The minimum Gasteiger partial charge on any atom is -0.493 e. The average molecular weight is 348 g/mol. The Kier molecular flexibility index (Phi) is 7.10. The van der Waals surface area contributed by atoms with Gasteiger partial charge in [0.1, 0.15) is 0 Å². The predicted molar refractivity (Wildman–Crippen MR) is 95.8 cm³/mol. The number of methoxy groups -OCH3 is 2. The molecule has 0 spiro atoms. The number of benzene rings is 1. The fourth-order valence-corrected chi connectivity index (χ4v) is 3.20. The van der Waals surface area contributed by atoms with E-state index < -0.39 is 11.8 Å². The zero-order valence-electron chi connectivity index (χ0n) is 15.3. The zero-order chi connectivity index (χ0) is 18.2. The van der Waals surface area contributed by atoms with Crippen molar-refractivity contribution in [2.75, 3.05) is 20.8 Å². The van der Waals surface area contributed by atoms with Crippen LogP contribution < -0.4 is 20.1 Å². The Morgan fingerprint density at radius 2 is 1.80 bits per heavy atom. The van der Waals surface area contributed by atoms with Gasteiger partial charge < -0.3 is 20.1 Å². The molecule has 1 aromatic carbocycles. The van der Waals surface area contributed by atoms with Crippen molar-refractivity contribution in [3.05, 3.63) is 23.8 Å². The van der Waals surface area contributed by atoms with Gasteiger partial charge >= 0.3 is 11.8 Å². The lowest BCUT2D eigenvalue weighted by molar-refractivity contribution is -0.139. The number of hydrogen-bond donors (Lipinski definition) is 2. The van der Waals surface area contributed by atoms with E-state index in [9.17, 15) is 9.59 Å².